The number of esters is 2. The molecule has 0 radical (unpaired) electrons. The number of aliphatic imine (C=N–C) groups is 1. The average molecular weight is 688 g/mol. The number of rotatable bonds is 9. The largest absolute Gasteiger partial charge is 0.468 e. The van der Waals surface area contributed by atoms with E-state index in [-0.39, 0.29) is 40.7 Å². The highest BCUT2D eigenvalue weighted by Gasteiger charge is 2.48. The highest BCUT2D eigenvalue weighted by atomic mass is 35.5. The minimum absolute atomic E-state index is 0.0101. The Morgan fingerprint density at radius 3 is 2.62 bits per heavy atom. The van der Waals surface area contributed by atoms with Crippen molar-refractivity contribution in [1.82, 2.24) is 29.9 Å². The van der Waals surface area contributed by atoms with E-state index in [2.05, 4.69) is 33.9 Å². The highest BCUT2D eigenvalue weighted by molar-refractivity contribution is 7.11. The zero-order valence-corrected chi connectivity index (χ0v) is 28.4. The van der Waals surface area contributed by atoms with Gasteiger partial charge in [-0.25, -0.2) is 19.0 Å². The number of nitrogens with zero attached hydrogens (tertiary/aromatic N) is 6. The molecule has 2 aromatic rings. The zero-order valence-electron chi connectivity index (χ0n) is 26.8. The summed E-state index contributed by atoms with van der Waals surface area (Å²) in [6.07, 6.45) is 2.21. The number of methoxy groups -OCH3 is 2. The zero-order chi connectivity index (χ0) is 33.4. The van der Waals surface area contributed by atoms with Crippen LogP contribution in [-0.2, 0) is 19.1 Å². The molecule has 4 aliphatic heterocycles. The molecule has 12 nitrogen and oxygen atoms in total. The lowest BCUT2D eigenvalue weighted by atomic mass is 9.95. The van der Waals surface area contributed by atoms with Gasteiger partial charge in [0, 0.05) is 79.7 Å². The molecular weight excluding hydrogens is 649 g/mol. The van der Waals surface area contributed by atoms with E-state index < -0.39 is 17.8 Å². The molecule has 6 rings (SSSR count). The predicted molar refractivity (Wildman–Crippen MR) is 175 cm³/mol. The number of nitrogens with one attached hydrogen (secondary N) is 1. The predicted octanol–water partition coefficient (Wildman–Crippen LogP) is 3.15. The van der Waals surface area contributed by atoms with Gasteiger partial charge in [0.05, 0.1) is 25.8 Å². The molecule has 5 heterocycles. The summed E-state index contributed by atoms with van der Waals surface area (Å²) in [5.41, 5.74) is 1.33. The summed E-state index contributed by atoms with van der Waals surface area (Å²) in [7, 11) is 2.72. The molecule has 2 amide bonds. The van der Waals surface area contributed by atoms with Crippen LogP contribution in [0.1, 0.15) is 36.9 Å². The number of carbonyl (C=O) groups excluding carboxylic acids is 3. The van der Waals surface area contributed by atoms with Crippen LogP contribution in [0, 0.1) is 11.7 Å². The van der Waals surface area contributed by atoms with Gasteiger partial charge in [-0.2, -0.15) is 0 Å². The third-order valence-electron chi connectivity index (χ3n) is 9.17. The number of fused-ring (bicyclic) bond motifs is 1. The fraction of sp³-hybridized carbons (Fsp3) is 0.531. The lowest BCUT2D eigenvalue weighted by Crippen LogP contribution is -2.53. The molecule has 4 aliphatic rings. The van der Waals surface area contributed by atoms with E-state index in [4.69, 9.17) is 26.1 Å². The van der Waals surface area contributed by atoms with Crippen LogP contribution >= 0.6 is 22.9 Å². The van der Waals surface area contributed by atoms with E-state index in [1.54, 1.807) is 6.20 Å². The molecule has 15 heteroatoms. The number of aromatic nitrogens is 1. The molecule has 3 fully saturated rings. The number of hydrogen-bond donors (Lipinski definition) is 1. The van der Waals surface area contributed by atoms with Gasteiger partial charge in [0.25, 0.3) is 0 Å². The summed E-state index contributed by atoms with van der Waals surface area (Å²) >= 11 is 7.90. The normalized spacial score (nSPS) is 25.3. The van der Waals surface area contributed by atoms with E-state index in [1.165, 1.54) is 43.8 Å². The van der Waals surface area contributed by atoms with Crippen molar-refractivity contribution in [3.8, 4) is 0 Å². The van der Waals surface area contributed by atoms with Crippen LogP contribution < -0.4 is 5.32 Å². The molecule has 4 atom stereocenters. The molecule has 1 aromatic carbocycles. The Hall–Kier alpha value is -3.59. The van der Waals surface area contributed by atoms with Crippen molar-refractivity contribution in [2.24, 2.45) is 10.9 Å². The third-order valence-corrected chi connectivity index (χ3v) is 10.3. The lowest BCUT2D eigenvalue weighted by molar-refractivity contribution is -0.146. The molecular formula is C32H39ClFN7O5S. The van der Waals surface area contributed by atoms with Gasteiger partial charge in [-0.15, -0.1) is 11.3 Å². The Morgan fingerprint density at radius 2 is 1.94 bits per heavy atom. The second-order valence-electron chi connectivity index (χ2n) is 12.7. The molecule has 252 valence electrons. The van der Waals surface area contributed by atoms with Crippen molar-refractivity contribution in [2.75, 3.05) is 60.0 Å². The van der Waals surface area contributed by atoms with Crippen molar-refractivity contribution in [1.29, 1.82) is 0 Å². The Morgan fingerprint density at radius 1 is 1.13 bits per heavy atom. The maximum atomic E-state index is 14.0. The van der Waals surface area contributed by atoms with Crippen molar-refractivity contribution >= 4 is 46.7 Å². The van der Waals surface area contributed by atoms with E-state index in [0.29, 0.717) is 73.7 Å². The van der Waals surface area contributed by atoms with Gasteiger partial charge in [0.2, 0.25) is 0 Å². The van der Waals surface area contributed by atoms with E-state index in [9.17, 15) is 18.8 Å². The number of thiazole rings is 1. The maximum Gasteiger partial charge on any atom is 0.338 e. The lowest BCUT2D eigenvalue weighted by Gasteiger charge is -2.38. The number of ether oxygens (including phenoxy) is 2. The molecule has 0 spiro atoms. The summed E-state index contributed by atoms with van der Waals surface area (Å²) in [6, 6.07) is 2.64. The average Bonchev–Trinajstić information content (AvgIpc) is 3.79. The van der Waals surface area contributed by atoms with Gasteiger partial charge in [-0.05, 0) is 24.5 Å². The van der Waals surface area contributed by atoms with E-state index >= 15 is 0 Å². The van der Waals surface area contributed by atoms with Gasteiger partial charge < -0.3 is 24.6 Å². The van der Waals surface area contributed by atoms with E-state index in [1.807, 2.05) is 15.2 Å². The summed E-state index contributed by atoms with van der Waals surface area (Å²) in [4.78, 5) is 57.0. The second-order valence-corrected chi connectivity index (χ2v) is 14.0. The number of hydrogen-bond acceptors (Lipinski definition) is 11. The highest BCUT2D eigenvalue weighted by Crippen LogP contribution is 2.37. The molecule has 1 unspecified atom stereocenters. The molecule has 0 bridgehead atoms. The van der Waals surface area contributed by atoms with Crippen LogP contribution in [0.5, 0.6) is 0 Å². The quantitative estimate of drug-likeness (QED) is 0.397. The number of benzene rings is 1. The SMILES string of the molecule is COC(=O)C1=C(CN2CCN3C(=O)N([C@H]4C[C@H](C(=O)OC)N(CC(C)C)C4)C[C@@H]3C2)NC(c2nccs2)=NC1c1ccc(F)cc1Cl. The molecule has 1 N–H and O–H groups in total. The summed E-state index contributed by atoms with van der Waals surface area (Å²) in [6.45, 7) is 8.17. The van der Waals surface area contributed by atoms with Crippen molar-refractivity contribution in [2.45, 2.75) is 44.4 Å². The topological polar surface area (TPSA) is 120 Å². The van der Waals surface area contributed by atoms with Crippen molar-refractivity contribution in [3.63, 3.8) is 0 Å². The first-order chi connectivity index (χ1) is 22.6. The van der Waals surface area contributed by atoms with Crippen LogP contribution in [0.3, 0.4) is 0 Å². The van der Waals surface area contributed by atoms with Gasteiger partial charge in [-0.1, -0.05) is 31.5 Å². The molecule has 3 saturated heterocycles. The van der Waals surface area contributed by atoms with Crippen molar-refractivity contribution < 1.29 is 28.2 Å². The summed E-state index contributed by atoms with van der Waals surface area (Å²) in [5.74, 6) is -0.495. The number of piperazine rings is 1. The first-order valence-electron chi connectivity index (χ1n) is 15.7. The van der Waals surface area contributed by atoms with Crippen LogP contribution in [0.2, 0.25) is 5.02 Å². The minimum Gasteiger partial charge on any atom is -0.468 e. The molecule has 0 saturated carbocycles. The van der Waals surface area contributed by atoms with Crippen LogP contribution in [0.4, 0.5) is 9.18 Å². The second kappa shape index (κ2) is 13.9. The third kappa shape index (κ3) is 6.73. The van der Waals surface area contributed by atoms with Crippen LogP contribution in [0.25, 0.3) is 0 Å². The standard InChI is InChI=1S/C32H39ClFN7O5S/c1-18(2)13-39-15-20(12-25(39)30(42)45-3)41-16-21-14-38(8-9-40(21)32(41)44)17-24-26(31(43)46-4)27(22-6-5-19(34)11-23(22)33)37-28(36-24)29-35-7-10-47-29/h5-7,10-11,18,20-21,25,27H,8-9,12-17H2,1-4H3,(H,36,37)/t20-,21-,25+,27?/m0/s1. The monoisotopic (exact) mass is 687 g/mol. The minimum atomic E-state index is -0.852. The van der Waals surface area contributed by atoms with Gasteiger partial charge in [0.15, 0.2) is 10.8 Å². The van der Waals surface area contributed by atoms with Gasteiger partial charge in [-0.3, -0.25) is 19.6 Å². The van der Waals surface area contributed by atoms with E-state index in [0.717, 1.165) is 6.54 Å². The first kappa shape index (κ1) is 33.3. The van der Waals surface area contributed by atoms with Gasteiger partial charge in [0.1, 0.15) is 17.9 Å². The number of halogens is 2. The fourth-order valence-electron chi connectivity index (χ4n) is 7.10. The van der Waals surface area contributed by atoms with Crippen LogP contribution in [-0.4, -0.2) is 127 Å². The maximum absolute atomic E-state index is 14.0. The first-order valence-corrected chi connectivity index (χ1v) is 17.0. The Bertz CT molecular complexity index is 1590. The number of amidine groups is 1. The Kier molecular flexibility index (Phi) is 9.83. The number of carbonyl (C=O) groups is 3. The number of likely N-dealkylation sites (tertiary alicyclic amines) is 1. The fourth-order valence-corrected chi connectivity index (χ4v) is 7.95. The smallest absolute Gasteiger partial charge is 0.338 e. The molecule has 47 heavy (non-hydrogen) atoms. The number of amides is 2. The Labute approximate surface area is 282 Å². The summed E-state index contributed by atoms with van der Waals surface area (Å²) < 4.78 is 24.3. The van der Waals surface area contributed by atoms with Crippen molar-refractivity contribution in [3.05, 3.63) is 62.5 Å². The number of urea groups is 1. The summed E-state index contributed by atoms with van der Waals surface area (Å²) in [5, 5.41) is 5.95. The van der Waals surface area contributed by atoms with Gasteiger partial charge >= 0.3 is 18.0 Å². The Balaban J connectivity index is 1.23. The molecule has 1 aromatic heterocycles. The molecule has 0 aliphatic carbocycles. The van der Waals surface area contributed by atoms with Crippen LogP contribution in [0.15, 0.2) is 46.0 Å².